The van der Waals surface area contributed by atoms with Crippen LogP contribution in [-0.2, 0) is 12.3 Å². The van der Waals surface area contributed by atoms with Crippen LogP contribution in [0.1, 0.15) is 18.1 Å². The lowest BCUT2D eigenvalue weighted by Gasteiger charge is -2.08. The molecule has 0 N–H and O–H groups in total. The van der Waals surface area contributed by atoms with E-state index in [1.165, 1.54) is 5.56 Å². The van der Waals surface area contributed by atoms with Crippen LogP contribution in [0.3, 0.4) is 0 Å². The van der Waals surface area contributed by atoms with Crippen LogP contribution in [0, 0.1) is 6.92 Å². The molecule has 0 radical (unpaired) electrons. The van der Waals surface area contributed by atoms with Gasteiger partial charge in [-0.1, -0.05) is 70.9 Å². The topological polar surface area (TPSA) is 30.7 Å². The largest absolute Gasteiger partial charge is 0.302 e. The Morgan fingerprint density at radius 2 is 1.75 bits per heavy atom. The van der Waals surface area contributed by atoms with Gasteiger partial charge in [-0.15, -0.1) is 10.2 Å². The third-order valence-corrected chi connectivity index (χ3v) is 5.47. The number of rotatable bonds is 5. The van der Waals surface area contributed by atoms with Crippen LogP contribution in [0.5, 0.6) is 0 Å². The van der Waals surface area contributed by atoms with E-state index in [0.29, 0.717) is 10.0 Å². The number of aryl methyl sites for hydroxylation is 1. The zero-order valence-electron chi connectivity index (χ0n) is 13.5. The molecule has 0 saturated heterocycles. The molecular formula is C18H17Cl2N3S. The van der Waals surface area contributed by atoms with Gasteiger partial charge in [-0.2, -0.15) is 0 Å². The van der Waals surface area contributed by atoms with Crippen molar-refractivity contribution in [2.45, 2.75) is 31.3 Å². The Hall–Kier alpha value is -1.49. The van der Waals surface area contributed by atoms with Crippen molar-refractivity contribution in [1.82, 2.24) is 14.8 Å². The van der Waals surface area contributed by atoms with Gasteiger partial charge in [-0.3, -0.25) is 0 Å². The molecular weight excluding hydrogens is 361 g/mol. The summed E-state index contributed by atoms with van der Waals surface area (Å²) in [6.07, 6.45) is 0. The van der Waals surface area contributed by atoms with Crippen LogP contribution < -0.4 is 0 Å². The van der Waals surface area contributed by atoms with Crippen LogP contribution in [0.25, 0.3) is 11.4 Å². The Morgan fingerprint density at radius 3 is 2.42 bits per heavy atom. The Bertz CT molecular complexity index is 844. The second-order valence-corrected chi connectivity index (χ2v) is 7.21. The van der Waals surface area contributed by atoms with Crippen molar-refractivity contribution in [3.05, 3.63) is 63.6 Å². The van der Waals surface area contributed by atoms with Crippen molar-refractivity contribution in [2.24, 2.45) is 0 Å². The number of nitrogens with zero attached hydrogens (tertiary/aromatic N) is 3. The van der Waals surface area contributed by atoms with E-state index in [-0.39, 0.29) is 0 Å². The van der Waals surface area contributed by atoms with Gasteiger partial charge in [0.1, 0.15) is 0 Å². The monoisotopic (exact) mass is 377 g/mol. The zero-order valence-corrected chi connectivity index (χ0v) is 15.8. The summed E-state index contributed by atoms with van der Waals surface area (Å²) in [5.41, 5.74) is 3.42. The second kappa shape index (κ2) is 7.60. The third-order valence-electron chi connectivity index (χ3n) is 3.69. The SMILES string of the molecule is CCn1c(SCc2ccc(Cl)c(Cl)c2)nnc1-c1ccc(C)cc1. The first-order valence-electron chi connectivity index (χ1n) is 7.65. The molecule has 3 rings (SSSR count). The molecule has 1 heterocycles. The van der Waals surface area contributed by atoms with Crippen molar-refractivity contribution >= 4 is 35.0 Å². The minimum atomic E-state index is 0.573. The average molecular weight is 378 g/mol. The molecule has 3 nitrogen and oxygen atoms in total. The minimum Gasteiger partial charge on any atom is -0.302 e. The van der Waals surface area contributed by atoms with Gasteiger partial charge in [0.15, 0.2) is 11.0 Å². The maximum absolute atomic E-state index is 6.08. The normalized spacial score (nSPS) is 11.0. The van der Waals surface area contributed by atoms with E-state index in [2.05, 4.69) is 52.9 Å². The predicted molar refractivity (Wildman–Crippen MR) is 102 cm³/mol. The van der Waals surface area contributed by atoms with E-state index >= 15 is 0 Å². The number of thioether (sulfide) groups is 1. The van der Waals surface area contributed by atoms with Crippen molar-refractivity contribution < 1.29 is 0 Å². The number of halogens is 2. The van der Waals surface area contributed by atoms with Crippen molar-refractivity contribution in [3.8, 4) is 11.4 Å². The smallest absolute Gasteiger partial charge is 0.191 e. The van der Waals surface area contributed by atoms with Gasteiger partial charge in [0.05, 0.1) is 10.0 Å². The fraction of sp³-hybridized carbons (Fsp3) is 0.222. The first-order valence-corrected chi connectivity index (χ1v) is 9.39. The first-order chi connectivity index (χ1) is 11.6. The highest BCUT2D eigenvalue weighted by Crippen LogP contribution is 2.29. The number of benzene rings is 2. The van der Waals surface area contributed by atoms with Gasteiger partial charge >= 0.3 is 0 Å². The molecule has 124 valence electrons. The van der Waals surface area contributed by atoms with Crippen LogP contribution in [-0.4, -0.2) is 14.8 Å². The molecule has 0 fully saturated rings. The Morgan fingerprint density at radius 1 is 1.00 bits per heavy atom. The van der Waals surface area contributed by atoms with Crippen molar-refractivity contribution in [2.75, 3.05) is 0 Å². The summed E-state index contributed by atoms with van der Waals surface area (Å²) in [7, 11) is 0. The maximum atomic E-state index is 6.08. The van der Waals surface area contributed by atoms with Crippen molar-refractivity contribution in [1.29, 1.82) is 0 Å². The quantitative estimate of drug-likeness (QED) is 0.520. The molecule has 0 saturated carbocycles. The van der Waals surface area contributed by atoms with Gasteiger partial charge in [-0.25, -0.2) is 0 Å². The minimum absolute atomic E-state index is 0.573. The molecule has 0 amide bonds. The predicted octanol–water partition coefficient (Wildman–Crippen LogP) is 5.87. The lowest BCUT2D eigenvalue weighted by Crippen LogP contribution is -2.00. The van der Waals surface area contributed by atoms with E-state index in [1.807, 2.05) is 18.2 Å². The van der Waals surface area contributed by atoms with Gasteiger partial charge in [0, 0.05) is 17.9 Å². The van der Waals surface area contributed by atoms with E-state index < -0.39 is 0 Å². The highest BCUT2D eigenvalue weighted by molar-refractivity contribution is 7.98. The molecule has 6 heteroatoms. The molecule has 0 atom stereocenters. The van der Waals surface area contributed by atoms with Gasteiger partial charge in [-0.05, 0) is 31.5 Å². The Kier molecular flexibility index (Phi) is 5.49. The molecule has 2 aromatic carbocycles. The molecule has 0 unspecified atom stereocenters. The molecule has 24 heavy (non-hydrogen) atoms. The van der Waals surface area contributed by atoms with Gasteiger partial charge in [0.25, 0.3) is 0 Å². The summed E-state index contributed by atoms with van der Waals surface area (Å²) >= 11 is 13.7. The summed E-state index contributed by atoms with van der Waals surface area (Å²) in [5.74, 6) is 1.66. The molecule has 3 aromatic rings. The standard InChI is InChI=1S/C18H17Cl2N3S/c1-3-23-17(14-7-4-12(2)5-8-14)21-22-18(23)24-11-13-6-9-15(19)16(20)10-13/h4-10H,3,11H2,1-2H3. The molecule has 0 bridgehead atoms. The summed E-state index contributed by atoms with van der Waals surface area (Å²) in [6, 6.07) is 14.0. The van der Waals surface area contributed by atoms with Crippen LogP contribution in [0.15, 0.2) is 47.6 Å². The Balaban J connectivity index is 1.81. The van der Waals surface area contributed by atoms with Gasteiger partial charge < -0.3 is 4.57 Å². The highest BCUT2D eigenvalue weighted by atomic mass is 35.5. The fourth-order valence-corrected chi connectivity index (χ4v) is 3.64. The highest BCUT2D eigenvalue weighted by Gasteiger charge is 2.13. The van der Waals surface area contributed by atoms with Gasteiger partial charge in [0.2, 0.25) is 0 Å². The number of aromatic nitrogens is 3. The van der Waals surface area contributed by atoms with E-state index in [9.17, 15) is 0 Å². The molecule has 1 aromatic heterocycles. The molecule has 0 aliphatic rings. The van der Waals surface area contributed by atoms with Crippen LogP contribution in [0.4, 0.5) is 0 Å². The van der Waals surface area contributed by atoms with Crippen LogP contribution >= 0.6 is 35.0 Å². The number of hydrogen-bond acceptors (Lipinski definition) is 3. The first kappa shape index (κ1) is 17.3. The summed E-state index contributed by atoms with van der Waals surface area (Å²) < 4.78 is 2.13. The fourth-order valence-electron chi connectivity index (χ4n) is 2.37. The van der Waals surface area contributed by atoms with E-state index in [1.54, 1.807) is 11.8 Å². The van der Waals surface area contributed by atoms with Crippen LogP contribution in [0.2, 0.25) is 10.0 Å². The molecule has 0 aliphatic heterocycles. The summed E-state index contributed by atoms with van der Waals surface area (Å²) in [4.78, 5) is 0. The number of hydrogen-bond donors (Lipinski definition) is 0. The molecule has 0 aliphatic carbocycles. The second-order valence-electron chi connectivity index (χ2n) is 5.45. The van der Waals surface area contributed by atoms with Crippen molar-refractivity contribution in [3.63, 3.8) is 0 Å². The molecule has 0 spiro atoms. The lowest BCUT2D eigenvalue weighted by atomic mass is 10.1. The lowest BCUT2D eigenvalue weighted by molar-refractivity contribution is 0.687. The maximum Gasteiger partial charge on any atom is 0.191 e. The third kappa shape index (κ3) is 3.77. The van der Waals surface area contributed by atoms with E-state index in [0.717, 1.165) is 34.4 Å². The summed E-state index contributed by atoms with van der Waals surface area (Å²) in [5, 5.41) is 10.8. The summed E-state index contributed by atoms with van der Waals surface area (Å²) in [6.45, 7) is 5.00. The Labute approximate surface area is 156 Å². The average Bonchev–Trinajstić information content (AvgIpc) is 2.99. The zero-order chi connectivity index (χ0) is 17.1. The van der Waals surface area contributed by atoms with E-state index in [4.69, 9.17) is 23.2 Å².